The largest absolute Gasteiger partial charge is 0.507 e. The van der Waals surface area contributed by atoms with Crippen molar-refractivity contribution in [2.24, 2.45) is 0 Å². The average molecular weight is 278 g/mol. The molecule has 0 saturated carbocycles. The van der Waals surface area contributed by atoms with E-state index in [4.69, 9.17) is 4.74 Å². The van der Waals surface area contributed by atoms with E-state index in [2.05, 4.69) is 0 Å². The van der Waals surface area contributed by atoms with Gasteiger partial charge in [-0.15, -0.1) is 0 Å². The molecule has 0 aliphatic rings. The van der Waals surface area contributed by atoms with Crippen LogP contribution in [0.1, 0.15) is 15.9 Å². The Morgan fingerprint density at radius 2 is 1.57 bits per heavy atom. The summed E-state index contributed by atoms with van der Waals surface area (Å²) < 4.78 is 5.35. The SMILES string of the molecule is COc1cc(C(=O)c2ccccc2)c(O)c2ccccc12. The van der Waals surface area contributed by atoms with Crippen LogP contribution in [0.2, 0.25) is 0 Å². The maximum absolute atomic E-state index is 12.6. The van der Waals surface area contributed by atoms with Gasteiger partial charge in [-0.3, -0.25) is 4.79 Å². The first kappa shape index (κ1) is 13.2. The first-order chi connectivity index (χ1) is 10.2. The molecule has 104 valence electrons. The Labute approximate surface area is 122 Å². The Balaban J connectivity index is 2.24. The van der Waals surface area contributed by atoms with Gasteiger partial charge < -0.3 is 9.84 Å². The van der Waals surface area contributed by atoms with Crippen LogP contribution in [0.3, 0.4) is 0 Å². The van der Waals surface area contributed by atoms with E-state index in [1.165, 1.54) is 0 Å². The van der Waals surface area contributed by atoms with Crippen LogP contribution in [0.4, 0.5) is 0 Å². The van der Waals surface area contributed by atoms with Gasteiger partial charge in [0, 0.05) is 16.3 Å². The maximum Gasteiger partial charge on any atom is 0.196 e. The molecule has 0 aliphatic heterocycles. The lowest BCUT2D eigenvalue weighted by Crippen LogP contribution is -2.02. The summed E-state index contributed by atoms with van der Waals surface area (Å²) in [5.41, 5.74) is 0.780. The second kappa shape index (κ2) is 5.29. The summed E-state index contributed by atoms with van der Waals surface area (Å²) >= 11 is 0. The molecule has 0 saturated heterocycles. The van der Waals surface area contributed by atoms with E-state index in [0.717, 1.165) is 5.39 Å². The molecule has 0 heterocycles. The van der Waals surface area contributed by atoms with Crippen LogP contribution in [0.5, 0.6) is 11.5 Å². The predicted molar refractivity (Wildman–Crippen MR) is 82.0 cm³/mol. The van der Waals surface area contributed by atoms with E-state index >= 15 is 0 Å². The number of phenols is 1. The summed E-state index contributed by atoms with van der Waals surface area (Å²) in [6.07, 6.45) is 0. The monoisotopic (exact) mass is 278 g/mol. The lowest BCUT2D eigenvalue weighted by Gasteiger charge is -2.11. The van der Waals surface area contributed by atoms with Crippen molar-refractivity contribution < 1.29 is 14.6 Å². The summed E-state index contributed by atoms with van der Waals surface area (Å²) in [4.78, 5) is 12.6. The van der Waals surface area contributed by atoms with E-state index in [1.807, 2.05) is 24.3 Å². The van der Waals surface area contributed by atoms with Crippen molar-refractivity contribution in [2.75, 3.05) is 7.11 Å². The smallest absolute Gasteiger partial charge is 0.196 e. The molecule has 0 spiro atoms. The first-order valence-electron chi connectivity index (χ1n) is 6.61. The van der Waals surface area contributed by atoms with Crippen LogP contribution in [0, 0.1) is 0 Å². The number of benzene rings is 3. The van der Waals surface area contributed by atoms with Crippen LogP contribution in [-0.4, -0.2) is 18.0 Å². The van der Waals surface area contributed by atoms with Gasteiger partial charge in [0.25, 0.3) is 0 Å². The van der Waals surface area contributed by atoms with E-state index in [1.54, 1.807) is 43.5 Å². The van der Waals surface area contributed by atoms with Crippen LogP contribution in [-0.2, 0) is 0 Å². The third-order valence-corrected chi connectivity index (χ3v) is 3.48. The Kier molecular flexibility index (Phi) is 3.32. The maximum atomic E-state index is 12.6. The number of rotatable bonds is 3. The lowest BCUT2D eigenvalue weighted by molar-refractivity contribution is 0.103. The molecule has 0 unspecified atom stereocenters. The number of hydrogen-bond donors (Lipinski definition) is 1. The molecule has 3 rings (SSSR count). The normalized spacial score (nSPS) is 10.5. The van der Waals surface area contributed by atoms with Crippen molar-refractivity contribution >= 4 is 16.6 Å². The highest BCUT2D eigenvalue weighted by molar-refractivity contribution is 6.14. The minimum atomic E-state index is -0.225. The number of ether oxygens (including phenoxy) is 1. The summed E-state index contributed by atoms with van der Waals surface area (Å²) in [6.45, 7) is 0. The molecule has 0 atom stereocenters. The number of ketones is 1. The number of aromatic hydroxyl groups is 1. The number of hydrogen-bond acceptors (Lipinski definition) is 3. The highest BCUT2D eigenvalue weighted by Gasteiger charge is 2.18. The summed E-state index contributed by atoms with van der Waals surface area (Å²) in [6, 6.07) is 17.8. The lowest BCUT2D eigenvalue weighted by atomic mass is 9.98. The predicted octanol–water partition coefficient (Wildman–Crippen LogP) is 3.79. The molecule has 0 amide bonds. The number of carbonyl (C=O) groups excluding carboxylic acids is 1. The standard InChI is InChI=1S/C18H14O3/c1-21-16-11-15(17(19)12-7-3-2-4-8-12)18(20)14-10-6-5-9-13(14)16/h2-11,20H,1H3. The third-order valence-electron chi connectivity index (χ3n) is 3.48. The Morgan fingerprint density at radius 1 is 0.952 bits per heavy atom. The zero-order chi connectivity index (χ0) is 14.8. The number of methoxy groups -OCH3 is 1. The van der Waals surface area contributed by atoms with Crippen molar-refractivity contribution in [2.45, 2.75) is 0 Å². The van der Waals surface area contributed by atoms with Gasteiger partial charge in [-0.2, -0.15) is 0 Å². The van der Waals surface area contributed by atoms with Crippen molar-refractivity contribution in [3.05, 3.63) is 71.8 Å². The van der Waals surface area contributed by atoms with Gasteiger partial charge in [0.15, 0.2) is 5.78 Å². The minimum absolute atomic E-state index is 0.0137. The summed E-state index contributed by atoms with van der Waals surface area (Å²) in [5.74, 6) is 0.333. The molecule has 3 heteroatoms. The molecule has 3 nitrogen and oxygen atoms in total. The number of carbonyl (C=O) groups is 1. The van der Waals surface area contributed by atoms with Crippen LogP contribution >= 0.6 is 0 Å². The van der Waals surface area contributed by atoms with Crippen molar-refractivity contribution in [3.8, 4) is 11.5 Å². The van der Waals surface area contributed by atoms with E-state index in [0.29, 0.717) is 16.7 Å². The summed E-state index contributed by atoms with van der Waals surface area (Å²) in [5, 5.41) is 11.8. The number of fused-ring (bicyclic) bond motifs is 1. The zero-order valence-electron chi connectivity index (χ0n) is 11.5. The van der Waals surface area contributed by atoms with Gasteiger partial charge in [-0.05, 0) is 6.07 Å². The van der Waals surface area contributed by atoms with E-state index in [9.17, 15) is 9.90 Å². The fourth-order valence-electron chi connectivity index (χ4n) is 2.41. The fraction of sp³-hybridized carbons (Fsp3) is 0.0556. The molecule has 21 heavy (non-hydrogen) atoms. The van der Waals surface area contributed by atoms with Gasteiger partial charge in [-0.25, -0.2) is 0 Å². The molecule has 3 aromatic rings. The van der Waals surface area contributed by atoms with Gasteiger partial charge in [0.05, 0.1) is 12.7 Å². The topological polar surface area (TPSA) is 46.5 Å². The zero-order valence-corrected chi connectivity index (χ0v) is 11.5. The highest BCUT2D eigenvalue weighted by atomic mass is 16.5. The Bertz CT molecular complexity index is 807. The molecule has 0 bridgehead atoms. The average Bonchev–Trinajstić information content (AvgIpc) is 2.56. The van der Waals surface area contributed by atoms with Crippen LogP contribution in [0.15, 0.2) is 60.7 Å². The molecule has 1 N–H and O–H groups in total. The number of phenolic OH excluding ortho intramolecular Hbond substituents is 1. The van der Waals surface area contributed by atoms with E-state index in [-0.39, 0.29) is 17.1 Å². The second-order valence-corrected chi connectivity index (χ2v) is 4.72. The van der Waals surface area contributed by atoms with Gasteiger partial charge in [0.2, 0.25) is 0 Å². The first-order valence-corrected chi connectivity index (χ1v) is 6.61. The fourth-order valence-corrected chi connectivity index (χ4v) is 2.41. The Hall–Kier alpha value is -2.81. The highest BCUT2D eigenvalue weighted by Crippen LogP contribution is 2.36. The van der Waals surface area contributed by atoms with E-state index < -0.39 is 0 Å². The third kappa shape index (κ3) is 2.23. The molecular weight excluding hydrogens is 264 g/mol. The van der Waals surface area contributed by atoms with Crippen LogP contribution in [0.25, 0.3) is 10.8 Å². The van der Waals surface area contributed by atoms with Crippen molar-refractivity contribution in [1.82, 2.24) is 0 Å². The Morgan fingerprint density at radius 3 is 2.24 bits per heavy atom. The molecule has 3 aromatic carbocycles. The van der Waals surface area contributed by atoms with Crippen molar-refractivity contribution in [1.29, 1.82) is 0 Å². The second-order valence-electron chi connectivity index (χ2n) is 4.72. The molecule has 0 radical (unpaired) electrons. The van der Waals surface area contributed by atoms with Gasteiger partial charge >= 0.3 is 0 Å². The van der Waals surface area contributed by atoms with Gasteiger partial charge in [0.1, 0.15) is 11.5 Å². The quantitative estimate of drug-likeness (QED) is 0.741. The molecular formula is C18H14O3. The molecule has 0 fully saturated rings. The van der Waals surface area contributed by atoms with Crippen molar-refractivity contribution in [3.63, 3.8) is 0 Å². The van der Waals surface area contributed by atoms with Gasteiger partial charge in [-0.1, -0.05) is 54.6 Å². The molecule has 0 aromatic heterocycles. The van der Waals surface area contributed by atoms with Crippen LogP contribution < -0.4 is 4.74 Å². The molecule has 0 aliphatic carbocycles. The summed E-state index contributed by atoms with van der Waals surface area (Å²) in [7, 11) is 1.55. The minimum Gasteiger partial charge on any atom is -0.507 e.